The van der Waals surface area contributed by atoms with Gasteiger partial charge < -0.3 is 10.6 Å². The first kappa shape index (κ1) is 16.2. The topological polar surface area (TPSA) is 80.1 Å². The van der Waals surface area contributed by atoms with E-state index >= 15 is 0 Å². The molecule has 0 saturated carbocycles. The van der Waals surface area contributed by atoms with Crippen LogP contribution < -0.4 is 10.6 Å². The molecule has 0 unspecified atom stereocenters. The molecule has 6 nitrogen and oxygen atoms in total. The molecular formula is C14H24N4O2. The molecule has 1 aromatic heterocycles. The fourth-order valence-electron chi connectivity index (χ4n) is 2.53. The number of nitrogens with zero attached hydrogens (tertiary/aromatic N) is 2. The third kappa shape index (κ3) is 5.03. The van der Waals surface area contributed by atoms with Crippen LogP contribution in [-0.2, 0) is 0 Å². The minimum absolute atomic E-state index is 0.0263. The highest BCUT2D eigenvalue weighted by Gasteiger charge is 2.26. The number of hydrogen-bond acceptors (Lipinski definition) is 5. The number of rotatable bonds is 5. The molecule has 112 valence electrons. The van der Waals surface area contributed by atoms with E-state index in [1.807, 2.05) is 0 Å². The zero-order valence-corrected chi connectivity index (χ0v) is 13.1. The molecule has 0 atom stereocenters. The predicted octanol–water partition coefficient (Wildman–Crippen LogP) is 3.66. The molecule has 1 heterocycles. The highest BCUT2D eigenvalue weighted by Crippen LogP contribution is 2.30. The van der Waals surface area contributed by atoms with Crippen LogP contribution in [0, 0.1) is 15.5 Å². The third-order valence-corrected chi connectivity index (χ3v) is 2.72. The van der Waals surface area contributed by atoms with Gasteiger partial charge in [0.15, 0.2) is 0 Å². The van der Waals surface area contributed by atoms with E-state index in [1.54, 1.807) is 7.05 Å². The number of nitro groups is 1. The molecule has 1 rings (SSSR count). The zero-order chi connectivity index (χ0) is 15.6. The largest absolute Gasteiger partial charge is 0.373 e. The maximum atomic E-state index is 10.9. The summed E-state index contributed by atoms with van der Waals surface area (Å²) < 4.78 is 0. The number of hydrogen-bond donors (Lipinski definition) is 2. The third-order valence-electron chi connectivity index (χ3n) is 2.72. The molecule has 0 saturated heterocycles. The van der Waals surface area contributed by atoms with E-state index in [-0.39, 0.29) is 16.6 Å². The summed E-state index contributed by atoms with van der Waals surface area (Å²) in [5.41, 5.74) is -0.0208. The summed E-state index contributed by atoms with van der Waals surface area (Å²) in [6, 6.07) is 2.88. The molecule has 6 heteroatoms. The summed E-state index contributed by atoms with van der Waals surface area (Å²) in [5, 5.41) is 17.1. The number of aromatic nitrogens is 1. The Balaban J connectivity index is 3.02. The lowest BCUT2D eigenvalue weighted by Gasteiger charge is -2.33. The van der Waals surface area contributed by atoms with Gasteiger partial charge >= 0.3 is 0 Å². The lowest BCUT2D eigenvalue weighted by Crippen LogP contribution is -2.35. The fourth-order valence-corrected chi connectivity index (χ4v) is 2.53. The van der Waals surface area contributed by atoms with Gasteiger partial charge in [0.2, 0.25) is 0 Å². The van der Waals surface area contributed by atoms with Crippen LogP contribution in [0.3, 0.4) is 0 Å². The molecule has 0 bridgehead atoms. The second-order valence-electron chi connectivity index (χ2n) is 6.85. The highest BCUT2D eigenvalue weighted by molar-refractivity contribution is 5.55. The Kier molecular flexibility index (Phi) is 4.57. The van der Waals surface area contributed by atoms with Crippen LogP contribution >= 0.6 is 0 Å². The zero-order valence-electron chi connectivity index (χ0n) is 13.1. The minimum Gasteiger partial charge on any atom is -0.373 e. The second kappa shape index (κ2) is 5.64. The maximum absolute atomic E-state index is 10.9. The van der Waals surface area contributed by atoms with Crippen LogP contribution in [0.15, 0.2) is 12.1 Å². The fraction of sp³-hybridized carbons (Fsp3) is 0.643. The molecule has 2 N–H and O–H groups in total. The van der Waals surface area contributed by atoms with Crippen LogP contribution in [-0.4, -0.2) is 22.5 Å². The molecule has 20 heavy (non-hydrogen) atoms. The molecule has 0 radical (unpaired) electrons. The van der Waals surface area contributed by atoms with E-state index in [2.05, 4.69) is 50.2 Å². The van der Waals surface area contributed by atoms with Crippen molar-refractivity contribution in [3.8, 4) is 0 Å². The second-order valence-corrected chi connectivity index (χ2v) is 6.85. The quantitative estimate of drug-likeness (QED) is 0.635. The monoisotopic (exact) mass is 280 g/mol. The molecule has 0 aliphatic rings. The van der Waals surface area contributed by atoms with E-state index in [0.29, 0.717) is 11.6 Å². The molecule has 0 aliphatic carbocycles. The van der Waals surface area contributed by atoms with Crippen molar-refractivity contribution in [2.45, 2.75) is 46.6 Å². The van der Waals surface area contributed by atoms with Crippen LogP contribution in [0.1, 0.15) is 41.0 Å². The lowest BCUT2D eigenvalue weighted by molar-refractivity contribution is -0.384. The minimum atomic E-state index is -0.412. The summed E-state index contributed by atoms with van der Waals surface area (Å²) in [7, 11) is 1.69. The van der Waals surface area contributed by atoms with Crippen molar-refractivity contribution in [3.63, 3.8) is 0 Å². The number of pyridine rings is 1. The van der Waals surface area contributed by atoms with Gasteiger partial charge in [-0.3, -0.25) is 10.1 Å². The molecule has 0 aromatic carbocycles. The lowest BCUT2D eigenvalue weighted by atomic mass is 9.82. The first-order chi connectivity index (χ1) is 9.02. The van der Waals surface area contributed by atoms with Gasteiger partial charge in [-0.2, -0.15) is 0 Å². The van der Waals surface area contributed by atoms with Crippen molar-refractivity contribution in [2.75, 3.05) is 17.7 Å². The molecular weight excluding hydrogens is 256 g/mol. The van der Waals surface area contributed by atoms with Gasteiger partial charge in [-0.1, -0.05) is 20.8 Å². The van der Waals surface area contributed by atoms with E-state index in [1.165, 1.54) is 12.1 Å². The Bertz CT molecular complexity index is 492. The Morgan fingerprint density at radius 2 is 1.75 bits per heavy atom. The summed E-state index contributed by atoms with van der Waals surface area (Å²) >= 11 is 0. The van der Waals surface area contributed by atoms with Crippen LogP contribution in [0.2, 0.25) is 0 Å². The molecule has 0 fully saturated rings. The predicted molar refractivity (Wildman–Crippen MR) is 82.2 cm³/mol. The Morgan fingerprint density at radius 1 is 1.20 bits per heavy atom. The van der Waals surface area contributed by atoms with Gasteiger partial charge in [0, 0.05) is 12.6 Å². The maximum Gasteiger partial charge on any atom is 0.276 e. The van der Waals surface area contributed by atoms with E-state index in [4.69, 9.17) is 0 Å². The standard InChI is InChI=1S/C14H24N4O2/c1-13(2,3)9-14(4,5)17-12-8-10(18(19)20)7-11(15-6)16-12/h7-8H,9H2,1-6H3,(H2,15,16,17). The van der Waals surface area contributed by atoms with Crippen molar-refractivity contribution < 1.29 is 4.92 Å². The Labute approximate surface area is 120 Å². The highest BCUT2D eigenvalue weighted by atomic mass is 16.6. The van der Waals surface area contributed by atoms with Crippen molar-refractivity contribution >= 4 is 17.3 Å². The van der Waals surface area contributed by atoms with Crippen molar-refractivity contribution in [2.24, 2.45) is 5.41 Å². The van der Waals surface area contributed by atoms with Crippen LogP contribution in [0.4, 0.5) is 17.3 Å². The SMILES string of the molecule is CNc1cc([N+](=O)[O-])cc(NC(C)(C)CC(C)(C)C)n1. The van der Waals surface area contributed by atoms with E-state index in [0.717, 1.165) is 6.42 Å². The van der Waals surface area contributed by atoms with E-state index in [9.17, 15) is 10.1 Å². The normalized spacial score (nSPS) is 12.1. The molecule has 0 amide bonds. The molecule has 0 spiro atoms. The van der Waals surface area contributed by atoms with Crippen molar-refractivity contribution in [1.29, 1.82) is 0 Å². The van der Waals surface area contributed by atoms with Gasteiger partial charge in [-0.05, 0) is 25.7 Å². The Hall–Kier alpha value is -1.85. The summed E-state index contributed by atoms with van der Waals surface area (Å²) in [4.78, 5) is 14.8. The van der Waals surface area contributed by atoms with Gasteiger partial charge in [-0.25, -0.2) is 4.98 Å². The number of nitrogens with one attached hydrogen (secondary N) is 2. The Morgan fingerprint density at radius 3 is 2.20 bits per heavy atom. The smallest absolute Gasteiger partial charge is 0.276 e. The summed E-state index contributed by atoms with van der Waals surface area (Å²) in [6.45, 7) is 10.6. The number of anilines is 2. The first-order valence-corrected chi connectivity index (χ1v) is 6.65. The van der Waals surface area contributed by atoms with E-state index < -0.39 is 4.92 Å². The average Bonchev–Trinajstić information content (AvgIpc) is 2.24. The molecule has 0 aliphatic heterocycles. The molecule has 1 aromatic rings. The summed E-state index contributed by atoms with van der Waals surface area (Å²) in [5.74, 6) is 0.992. The van der Waals surface area contributed by atoms with Crippen molar-refractivity contribution in [3.05, 3.63) is 22.2 Å². The van der Waals surface area contributed by atoms with Crippen LogP contribution in [0.25, 0.3) is 0 Å². The van der Waals surface area contributed by atoms with Gasteiger partial charge in [-0.15, -0.1) is 0 Å². The summed E-state index contributed by atoms with van der Waals surface area (Å²) in [6.07, 6.45) is 0.916. The average molecular weight is 280 g/mol. The van der Waals surface area contributed by atoms with Gasteiger partial charge in [0.1, 0.15) is 11.6 Å². The first-order valence-electron chi connectivity index (χ1n) is 6.65. The van der Waals surface area contributed by atoms with Crippen molar-refractivity contribution in [1.82, 2.24) is 4.98 Å². The van der Waals surface area contributed by atoms with Gasteiger partial charge in [0.25, 0.3) is 5.69 Å². The van der Waals surface area contributed by atoms with Gasteiger partial charge in [0.05, 0.1) is 17.1 Å². The van der Waals surface area contributed by atoms with Crippen LogP contribution in [0.5, 0.6) is 0 Å².